The standard InChI is InChI=1S/C12H13BrClN3O/c1-2-3-10-16-12(17-18-10)11(15)7-4-5-9(14)8(13)6-7/h4-6,11H,2-3,15H2,1H3. The summed E-state index contributed by atoms with van der Waals surface area (Å²) in [6, 6.07) is 5.09. The van der Waals surface area contributed by atoms with Crippen LogP contribution < -0.4 is 5.73 Å². The van der Waals surface area contributed by atoms with E-state index in [9.17, 15) is 0 Å². The van der Waals surface area contributed by atoms with Crippen molar-refractivity contribution < 1.29 is 4.52 Å². The van der Waals surface area contributed by atoms with Gasteiger partial charge < -0.3 is 10.3 Å². The van der Waals surface area contributed by atoms with Crippen LogP contribution in [-0.4, -0.2) is 10.1 Å². The summed E-state index contributed by atoms with van der Waals surface area (Å²) in [7, 11) is 0. The first-order valence-electron chi connectivity index (χ1n) is 5.64. The first-order valence-corrected chi connectivity index (χ1v) is 6.82. The summed E-state index contributed by atoms with van der Waals surface area (Å²) in [6.45, 7) is 2.06. The van der Waals surface area contributed by atoms with Crippen LogP contribution in [0.5, 0.6) is 0 Å². The molecule has 18 heavy (non-hydrogen) atoms. The SMILES string of the molecule is CCCc1nc(C(N)c2ccc(Cl)c(Br)c2)no1. The molecule has 0 bridgehead atoms. The van der Waals surface area contributed by atoms with E-state index in [1.165, 1.54) is 0 Å². The van der Waals surface area contributed by atoms with Crippen LogP contribution in [0.25, 0.3) is 0 Å². The summed E-state index contributed by atoms with van der Waals surface area (Å²) in [5.74, 6) is 1.11. The van der Waals surface area contributed by atoms with E-state index in [1.54, 1.807) is 6.07 Å². The van der Waals surface area contributed by atoms with Crippen LogP contribution in [0.15, 0.2) is 27.2 Å². The van der Waals surface area contributed by atoms with E-state index in [1.807, 2.05) is 12.1 Å². The van der Waals surface area contributed by atoms with Crippen LogP contribution in [-0.2, 0) is 6.42 Å². The second-order valence-corrected chi connectivity index (χ2v) is 5.21. The largest absolute Gasteiger partial charge is 0.339 e. The zero-order valence-electron chi connectivity index (χ0n) is 9.86. The van der Waals surface area contributed by atoms with Gasteiger partial charge in [-0.25, -0.2) is 0 Å². The number of hydrogen-bond donors (Lipinski definition) is 1. The predicted molar refractivity (Wildman–Crippen MR) is 73.5 cm³/mol. The topological polar surface area (TPSA) is 64.9 Å². The molecule has 0 aliphatic rings. The lowest BCUT2D eigenvalue weighted by Gasteiger charge is -2.08. The molecule has 2 aromatic rings. The Morgan fingerprint density at radius 1 is 1.50 bits per heavy atom. The van der Waals surface area contributed by atoms with Crippen molar-refractivity contribution in [3.05, 3.63) is 45.0 Å². The van der Waals surface area contributed by atoms with Gasteiger partial charge in [0.25, 0.3) is 0 Å². The lowest BCUT2D eigenvalue weighted by molar-refractivity contribution is 0.370. The average molecular weight is 331 g/mol. The van der Waals surface area contributed by atoms with Crippen LogP contribution in [0.2, 0.25) is 5.02 Å². The van der Waals surface area contributed by atoms with E-state index in [-0.39, 0.29) is 0 Å². The van der Waals surface area contributed by atoms with Gasteiger partial charge in [-0.3, -0.25) is 0 Å². The van der Waals surface area contributed by atoms with Crippen molar-refractivity contribution >= 4 is 27.5 Å². The van der Waals surface area contributed by atoms with Crippen LogP contribution in [0, 0.1) is 0 Å². The molecular formula is C12H13BrClN3O. The van der Waals surface area contributed by atoms with Gasteiger partial charge in [-0.2, -0.15) is 4.98 Å². The van der Waals surface area contributed by atoms with Gasteiger partial charge in [-0.05, 0) is 40.0 Å². The van der Waals surface area contributed by atoms with Crippen molar-refractivity contribution in [2.75, 3.05) is 0 Å². The van der Waals surface area contributed by atoms with Crippen LogP contribution >= 0.6 is 27.5 Å². The molecule has 0 fully saturated rings. The number of nitrogens with two attached hydrogens (primary N) is 1. The van der Waals surface area contributed by atoms with E-state index in [0.29, 0.717) is 16.7 Å². The van der Waals surface area contributed by atoms with Gasteiger partial charge in [0, 0.05) is 10.9 Å². The summed E-state index contributed by atoms with van der Waals surface area (Å²) >= 11 is 9.30. The molecular weight excluding hydrogens is 318 g/mol. The molecule has 2 N–H and O–H groups in total. The number of rotatable bonds is 4. The molecule has 1 aromatic heterocycles. The summed E-state index contributed by atoms with van der Waals surface area (Å²) in [4.78, 5) is 4.28. The van der Waals surface area contributed by atoms with E-state index in [2.05, 4.69) is 33.0 Å². The number of hydrogen-bond acceptors (Lipinski definition) is 4. The fourth-order valence-corrected chi connectivity index (χ4v) is 2.08. The summed E-state index contributed by atoms with van der Waals surface area (Å²) < 4.78 is 5.92. The van der Waals surface area contributed by atoms with Crippen LogP contribution in [0.1, 0.15) is 36.7 Å². The van der Waals surface area contributed by atoms with E-state index < -0.39 is 6.04 Å². The molecule has 1 aromatic carbocycles. The summed E-state index contributed by atoms with van der Waals surface area (Å²) in [5.41, 5.74) is 6.98. The third kappa shape index (κ3) is 2.91. The average Bonchev–Trinajstić information content (AvgIpc) is 2.81. The highest BCUT2D eigenvalue weighted by atomic mass is 79.9. The van der Waals surface area contributed by atoms with Gasteiger partial charge in [-0.15, -0.1) is 0 Å². The smallest absolute Gasteiger partial charge is 0.226 e. The third-order valence-electron chi connectivity index (χ3n) is 2.53. The Kier molecular flexibility index (Phi) is 4.37. The second kappa shape index (κ2) is 5.82. The molecule has 0 amide bonds. The highest BCUT2D eigenvalue weighted by Gasteiger charge is 2.16. The van der Waals surface area contributed by atoms with Crippen molar-refractivity contribution in [3.63, 3.8) is 0 Å². The van der Waals surface area contributed by atoms with Gasteiger partial charge in [0.05, 0.1) is 11.1 Å². The minimum Gasteiger partial charge on any atom is -0.339 e. The van der Waals surface area contributed by atoms with Crippen molar-refractivity contribution in [1.29, 1.82) is 0 Å². The molecule has 0 saturated carbocycles. The van der Waals surface area contributed by atoms with Gasteiger partial charge in [0.1, 0.15) is 0 Å². The number of aryl methyl sites for hydroxylation is 1. The summed E-state index contributed by atoms with van der Waals surface area (Å²) in [5, 5.41) is 4.55. The van der Waals surface area contributed by atoms with Crippen molar-refractivity contribution in [2.45, 2.75) is 25.8 Å². The number of aromatic nitrogens is 2. The first-order chi connectivity index (χ1) is 8.61. The van der Waals surface area contributed by atoms with Crippen molar-refractivity contribution in [1.82, 2.24) is 10.1 Å². The molecule has 1 atom stereocenters. The maximum absolute atomic E-state index is 6.10. The number of halogens is 2. The molecule has 6 heteroatoms. The van der Waals surface area contributed by atoms with E-state index >= 15 is 0 Å². The van der Waals surface area contributed by atoms with Gasteiger partial charge in [0.15, 0.2) is 5.82 Å². The molecule has 4 nitrogen and oxygen atoms in total. The highest BCUT2D eigenvalue weighted by molar-refractivity contribution is 9.10. The molecule has 2 rings (SSSR count). The highest BCUT2D eigenvalue weighted by Crippen LogP contribution is 2.27. The zero-order chi connectivity index (χ0) is 13.1. The van der Waals surface area contributed by atoms with Gasteiger partial charge in [-0.1, -0.05) is 29.7 Å². The number of benzene rings is 1. The lowest BCUT2D eigenvalue weighted by Crippen LogP contribution is -2.13. The lowest BCUT2D eigenvalue weighted by atomic mass is 10.1. The van der Waals surface area contributed by atoms with E-state index in [0.717, 1.165) is 22.9 Å². The summed E-state index contributed by atoms with van der Waals surface area (Å²) in [6.07, 6.45) is 1.73. The minimum absolute atomic E-state index is 0.409. The molecule has 0 saturated heterocycles. The Labute approximate surface area is 119 Å². The third-order valence-corrected chi connectivity index (χ3v) is 3.74. The molecule has 0 aliphatic carbocycles. The Morgan fingerprint density at radius 2 is 2.28 bits per heavy atom. The number of nitrogens with zero attached hydrogens (tertiary/aromatic N) is 2. The molecule has 96 valence electrons. The van der Waals surface area contributed by atoms with Crippen molar-refractivity contribution in [3.8, 4) is 0 Å². The Bertz CT molecular complexity index is 544. The fraction of sp³-hybridized carbons (Fsp3) is 0.333. The van der Waals surface area contributed by atoms with Gasteiger partial charge in [0.2, 0.25) is 5.89 Å². The fourth-order valence-electron chi connectivity index (χ4n) is 1.56. The monoisotopic (exact) mass is 329 g/mol. The molecule has 1 heterocycles. The molecule has 1 unspecified atom stereocenters. The maximum Gasteiger partial charge on any atom is 0.226 e. The van der Waals surface area contributed by atoms with E-state index in [4.69, 9.17) is 21.9 Å². The van der Waals surface area contributed by atoms with Crippen molar-refractivity contribution in [2.24, 2.45) is 5.73 Å². The molecule has 0 aliphatic heterocycles. The Morgan fingerprint density at radius 3 is 2.94 bits per heavy atom. The zero-order valence-corrected chi connectivity index (χ0v) is 12.2. The normalized spacial score (nSPS) is 12.7. The second-order valence-electron chi connectivity index (χ2n) is 3.95. The first kappa shape index (κ1) is 13.5. The maximum atomic E-state index is 6.10. The van der Waals surface area contributed by atoms with Gasteiger partial charge >= 0.3 is 0 Å². The minimum atomic E-state index is -0.409. The Balaban J connectivity index is 2.23. The Hall–Kier alpha value is -0.910. The molecule has 0 spiro atoms. The van der Waals surface area contributed by atoms with Crippen LogP contribution in [0.3, 0.4) is 0 Å². The molecule has 0 radical (unpaired) electrons. The predicted octanol–water partition coefficient (Wildman–Crippen LogP) is 3.49. The quantitative estimate of drug-likeness (QED) is 0.932. The van der Waals surface area contributed by atoms with Crippen LogP contribution in [0.4, 0.5) is 0 Å².